The molecule has 1 unspecified atom stereocenters. The molecule has 0 aromatic heterocycles. The van der Waals surface area contributed by atoms with Gasteiger partial charge in [0.05, 0.1) is 6.10 Å². The van der Waals surface area contributed by atoms with Gasteiger partial charge in [-0.3, -0.25) is 0 Å². The van der Waals surface area contributed by atoms with E-state index in [1.54, 1.807) is 7.11 Å². The second kappa shape index (κ2) is 5.52. The third-order valence-corrected chi connectivity index (χ3v) is 3.55. The highest BCUT2D eigenvalue weighted by atomic mass is 79.9. The first-order valence-corrected chi connectivity index (χ1v) is 6.60. The van der Waals surface area contributed by atoms with E-state index in [9.17, 15) is 0 Å². The summed E-state index contributed by atoms with van der Waals surface area (Å²) in [5.74, 6) is 0.529. The van der Waals surface area contributed by atoms with Gasteiger partial charge < -0.3 is 4.74 Å². The molecule has 0 aliphatic carbocycles. The van der Waals surface area contributed by atoms with Crippen LogP contribution in [0.4, 0.5) is 0 Å². The second-order valence-electron chi connectivity index (χ2n) is 4.97. The molecule has 0 spiro atoms. The van der Waals surface area contributed by atoms with E-state index in [0.717, 1.165) is 15.6 Å². The smallest absolute Gasteiger partial charge is 0.0880 e. The highest BCUT2D eigenvalue weighted by Gasteiger charge is 2.27. The molecule has 16 heavy (non-hydrogen) atoms. The van der Waals surface area contributed by atoms with Crippen LogP contribution in [-0.2, 0) is 10.6 Å². The van der Waals surface area contributed by atoms with Gasteiger partial charge in [0, 0.05) is 17.5 Å². The van der Waals surface area contributed by atoms with Crippen molar-refractivity contribution in [2.45, 2.75) is 32.8 Å². The molecule has 0 radical (unpaired) electrons. The van der Waals surface area contributed by atoms with Crippen LogP contribution in [-0.4, -0.2) is 7.11 Å². The Hall–Kier alpha value is -0.0500. The lowest BCUT2D eigenvalue weighted by Crippen LogP contribution is -2.20. The molecule has 0 heterocycles. The van der Waals surface area contributed by atoms with Gasteiger partial charge in [-0.05, 0) is 22.6 Å². The van der Waals surface area contributed by atoms with Crippen LogP contribution in [0.1, 0.15) is 38.0 Å². The van der Waals surface area contributed by atoms with Gasteiger partial charge in [-0.1, -0.05) is 48.8 Å². The van der Waals surface area contributed by atoms with Gasteiger partial charge in [-0.15, -0.1) is 11.6 Å². The predicted octanol–water partition coefficient (Wildman–Crippen LogP) is 4.92. The van der Waals surface area contributed by atoms with Crippen LogP contribution in [0.5, 0.6) is 0 Å². The molecule has 0 saturated heterocycles. The van der Waals surface area contributed by atoms with Crippen LogP contribution in [0, 0.1) is 5.41 Å². The Labute approximate surface area is 111 Å². The molecule has 1 aromatic rings. The first-order valence-electron chi connectivity index (χ1n) is 5.27. The molecule has 0 bridgehead atoms. The van der Waals surface area contributed by atoms with Crippen molar-refractivity contribution in [1.82, 2.24) is 0 Å². The van der Waals surface area contributed by atoms with Crippen molar-refractivity contribution in [2.75, 3.05) is 7.11 Å². The highest BCUT2D eigenvalue weighted by Crippen LogP contribution is 2.39. The van der Waals surface area contributed by atoms with Crippen molar-refractivity contribution in [3.05, 3.63) is 33.8 Å². The minimum absolute atomic E-state index is 0.0577. The lowest BCUT2D eigenvalue weighted by Gasteiger charge is -2.30. The topological polar surface area (TPSA) is 9.23 Å². The number of rotatable bonds is 3. The summed E-state index contributed by atoms with van der Waals surface area (Å²) in [5.41, 5.74) is 2.33. The molecule has 0 N–H and O–H groups in total. The summed E-state index contributed by atoms with van der Waals surface area (Å²) in [7, 11) is 1.75. The molecule has 0 aliphatic heterocycles. The SMILES string of the molecule is COC(c1cc(CCl)ccc1Br)C(C)(C)C. The quantitative estimate of drug-likeness (QED) is 0.720. The standard InChI is InChI=1S/C13H18BrClO/c1-13(2,3)12(16-4)10-7-9(8-15)5-6-11(10)14/h5-7,12H,8H2,1-4H3. The number of ether oxygens (including phenoxy) is 1. The summed E-state index contributed by atoms with van der Waals surface area (Å²) < 4.78 is 6.68. The van der Waals surface area contributed by atoms with E-state index in [4.69, 9.17) is 16.3 Å². The van der Waals surface area contributed by atoms with Gasteiger partial charge in [0.1, 0.15) is 0 Å². The number of methoxy groups -OCH3 is 1. The molecular weight excluding hydrogens is 287 g/mol. The molecular formula is C13H18BrClO. The van der Waals surface area contributed by atoms with Crippen molar-refractivity contribution in [1.29, 1.82) is 0 Å². The van der Waals surface area contributed by atoms with E-state index in [1.165, 1.54) is 0 Å². The fraction of sp³-hybridized carbons (Fsp3) is 0.538. The Morgan fingerprint density at radius 3 is 2.44 bits per heavy atom. The van der Waals surface area contributed by atoms with Crippen LogP contribution in [0.25, 0.3) is 0 Å². The Bertz CT molecular complexity index is 357. The maximum atomic E-state index is 5.86. The van der Waals surface area contributed by atoms with Crippen molar-refractivity contribution in [2.24, 2.45) is 5.41 Å². The van der Waals surface area contributed by atoms with E-state index in [0.29, 0.717) is 5.88 Å². The van der Waals surface area contributed by atoms with Gasteiger partial charge in [0.15, 0.2) is 0 Å². The summed E-state index contributed by atoms with van der Waals surface area (Å²) in [6, 6.07) is 6.16. The molecule has 0 aliphatic rings. The summed E-state index contributed by atoms with van der Waals surface area (Å²) in [6.07, 6.45) is 0.0602. The largest absolute Gasteiger partial charge is 0.376 e. The maximum absolute atomic E-state index is 5.86. The minimum Gasteiger partial charge on any atom is -0.376 e. The number of alkyl halides is 1. The Morgan fingerprint density at radius 2 is 2.00 bits per heavy atom. The van der Waals surface area contributed by atoms with Crippen LogP contribution in [0.2, 0.25) is 0 Å². The number of hydrogen-bond acceptors (Lipinski definition) is 1. The summed E-state index contributed by atoms with van der Waals surface area (Å²) >= 11 is 9.43. The van der Waals surface area contributed by atoms with Gasteiger partial charge in [-0.2, -0.15) is 0 Å². The number of hydrogen-bond donors (Lipinski definition) is 0. The van der Waals surface area contributed by atoms with E-state index >= 15 is 0 Å². The Kier molecular flexibility index (Phi) is 4.84. The zero-order valence-corrected chi connectivity index (χ0v) is 12.5. The van der Waals surface area contributed by atoms with E-state index in [2.05, 4.69) is 42.8 Å². The summed E-state index contributed by atoms with van der Waals surface area (Å²) in [4.78, 5) is 0. The van der Waals surface area contributed by atoms with Crippen LogP contribution >= 0.6 is 27.5 Å². The molecule has 1 aromatic carbocycles. The molecule has 1 atom stereocenters. The zero-order chi connectivity index (χ0) is 12.3. The normalized spacial score (nSPS) is 13.9. The third kappa shape index (κ3) is 3.22. The molecule has 0 amide bonds. The Morgan fingerprint density at radius 1 is 1.38 bits per heavy atom. The number of halogens is 2. The highest BCUT2D eigenvalue weighted by molar-refractivity contribution is 9.10. The molecule has 0 saturated carbocycles. The van der Waals surface area contributed by atoms with Crippen molar-refractivity contribution in [3.8, 4) is 0 Å². The average molecular weight is 306 g/mol. The molecule has 1 nitrogen and oxygen atoms in total. The zero-order valence-electron chi connectivity index (χ0n) is 10.2. The maximum Gasteiger partial charge on any atom is 0.0880 e. The van der Waals surface area contributed by atoms with E-state index in [1.807, 2.05) is 12.1 Å². The fourth-order valence-corrected chi connectivity index (χ4v) is 2.45. The summed E-state index contributed by atoms with van der Waals surface area (Å²) in [6.45, 7) is 6.50. The van der Waals surface area contributed by atoms with Gasteiger partial charge >= 0.3 is 0 Å². The second-order valence-corrected chi connectivity index (χ2v) is 6.09. The lowest BCUT2D eigenvalue weighted by molar-refractivity contribution is 0.0146. The first kappa shape index (κ1) is 14.0. The number of benzene rings is 1. The fourth-order valence-electron chi connectivity index (χ4n) is 1.82. The monoisotopic (exact) mass is 304 g/mol. The predicted molar refractivity (Wildman–Crippen MR) is 72.9 cm³/mol. The van der Waals surface area contributed by atoms with Crippen LogP contribution in [0.3, 0.4) is 0 Å². The first-order chi connectivity index (χ1) is 7.40. The van der Waals surface area contributed by atoms with Gasteiger partial charge in [0.25, 0.3) is 0 Å². The molecule has 90 valence electrons. The van der Waals surface area contributed by atoms with Crippen molar-refractivity contribution in [3.63, 3.8) is 0 Å². The van der Waals surface area contributed by atoms with E-state index in [-0.39, 0.29) is 11.5 Å². The molecule has 1 rings (SSSR count). The van der Waals surface area contributed by atoms with Gasteiger partial charge in [0.2, 0.25) is 0 Å². The van der Waals surface area contributed by atoms with Crippen molar-refractivity contribution < 1.29 is 4.74 Å². The van der Waals surface area contributed by atoms with E-state index < -0.39 is 0 Å². The van der Waals surface area contributed by atoms with Crippen LogP contribution < -0.4 is 0 Å². The minimum atomic E-state index is 0.0577. The van der Waals surface area contributed by atoms with Gasteiger partial charge in [-0.25, -0.2) is 0 Å². The lowest BCUT2D eigenvalue weighted by atomic mass is 9.84. The van der Waals surface area contributed by atoms with Crippen LogP contribution in [0.15, 0.2) is 22.7 Å². The third-order valence-electron chi connectivity index (χ3n) is 2.52. The molecule has 0 fully saturated rings. The van der Waals surface area contributed by atoms with Crippen molar-refractivity contribution >= 4 is 27.5 Å². The average Bonchev–Trinajstić information content (AvgIpc) is 2.20. The summed E-state index contributed by atoms with van der Waals surface area (Å²) in [5, 5.41) is 0. The Balaban J connectivity index is 3.18. The molecule has 3 heteroatoms.